The van der Waals surface area contributed by atoms with Gasteiger partial charge in [-0.05, 0) is 34.9 Å². The molecule has 1 atom stereocenters. The highest BCUT2D eigenvalue weighted by Crippen LogP contribution is 2.26. The van der Waals surface area contributed by atoms with Crippen molar-refractivity contribution < 1.29 is 14.3 Å². The summed E-state index contributed by atoms with van der Waals surface area (Å²) in [6.07, 6.45) is 1.51. The minimum atomic E-state index is -0.459. The van der Waals surface area contributed by atoms with E-state index in [1.807, 2.05) is 35.2 Å². The smallest absolute Gasteiger partial charge is 0.248 e. The SMILES string of the molecule is NC(=O)c1cccc(-c2ccc([C@@H]3CN(C(=O)CN4Cc5ccccc5C4)CCO3)nc2)c1. The number of hydrogen-bond acceptors (Lipinski definition) is 5. The van der Waals surface area contributed by atoms with E-state index in [4.69, 9.17) is 10.5 Å². The van der Waals surface area contributed by atoms with E-state index in [-0.39, 0.29) is 12.0 Å². The Kier molecular flexibility index (Phi) is 5.90. The Labute approximate surface area is 192 Å². The van der Waals surface area contributed by atoms with E-state index in [0.29, 0.717) is 31.8 Å². The zero-order chi connectivity index (χ0) is 22.8. The van der Waals surface area contributed by atoms with Crippen molar-refractivity contribution in [2.24, 2.45) is 5.73 Å². The number of hydrogen-bond donors (Lipinski definition) is 1. The molecule has 0 aliphatic carbocycles. The number of carbonyl (C=O) groups is 2. The number of amides is 2. The maximum atomic E-state index is 13.0. The Bertz CT molecular complexity index is 1150. The van der Waals surface area contributed by atoms with Gasteiger partial charge in [0.05, 0.1) is 25.4 Å². The van der Waals surface area contributed by atoms with Crippen LogP contribution in [0.25, 0.3) is 11.1 Å². The number of ether oxygens (including phenoxy) is 1. The predicted octanol–water partition coefficient (Wildman–Crippen LogP) is 2.76. The summed E-state index contributed by atoms with van der Waals surface area (Å²) < 4.78 is 5.93. The van der Waals surface area contributed by atoms with E-state index in [2.05, 4.69) is 22.0 Å². The fraction of sp³-hybridized carbons (Fsp3) is 0.269. The van der Waals surface area contributed by atoms with Gasteiger partial charge in [-0.3, -0.25) is 19.5 Å². The number of fused-ring (bicyclic) bond motifs is 1. The molecule has 2 amide bonds. The molecule has 5 rings (SSSR count). The van der Waals surface area contributed by atoms with E-state index in [1.165, 1.54) is 11.1 Å². The molecular weight excluding hydrogens is 416 g/mol. The van der Waals surface area contributed by atoms with Crippen LogP contribution in [0, 0.1) is 0 Å². The summed E-state index contributed by atoms with van der Waals surface area (Å²) in [5, 5.41) is 0. The van der Waals surface area contributed by atoms with Crippen LogP contribution in [0.1, 0.15) is 33.3 Å². The molecule has 168 valence electrons. The molecule has 2 aliphatic heterocycles. The number of rotatable bonds is 5. The molecule has 0 saturated carbocycles. The average Bonchev–Trinajstić information content (AvgIpc) is 3.26. The molecule has 2 aliphatic rings. The highest BCUT2D eigenvalue weighted by atomic mass is 16.5. The van der Waals surface area contributed by atoms with E-state index in [1.54, 1.807) is 24.4 Å². The fourth-order valence-electron chi connectivity index (χ4n) is 4.48. The molecule has 33 heavy (non-hydrogen) atoms. The first-order valence-corrected chi connectivity index (χ1v) is 11.1. The van der Waals surface area contributed by atoms with Gasteiger partial charge >= 0.3 is 0 Å². The summed E-state index contributed by atoms with van der Waals surface area (Å²) in [5.41, 5.74) is 11.0. The molecule has 0 spiro atoms. The Morgan fingerprint density at radius 1 is 1.00 bits per heavy atom. The number of benzene rings is 2. The van der Waals surface area contributed by atoms with Crippen LogP contribution in [-0.4, -0.2) is 52.8 Å². The normalized spacial score (nSPS) is 18.2. The minimum Gasteiger partial charge on any atom is -0.368 e. The van der Waals surface area contributed by atoms with Crippen molar-refractivity contribution in [3.63, 3.8) is 0 Å². The second-order valence-corrected chi connectivity index (χ2v) is 8.53. The third kappa shape index (κ3) is 4.65. The number of pyridine rings is 1. The van der Waals surface area contributed by atoms with Crippen molar-refractivity contribution in [2.75, 3.05) is 26.2 Å². The van der Waals surface area contributed by atoms with Crippen LogP contribution in [0.5, 0.6) is 0 Å². The number of carbonyl (C=O) groups excluding carboxylic acids is 2. The molecule has 3 heterocycles. The zero-order valence-corrected chi connectivity index (χ0v) is 18.3. The first kappa shape index (κ1) is 21.3. The standard InChI is InChI=1S/C26H26N4O3/c27-26(32)19-7-3-6-18(12-19)20-8-9-23(28-13-20)24-16-30(10-11-33-24)25(31)17-29-14-21-4-1-2-5-22(21)15-29/h1-9,12-13,24H,10-11,14-17H2,(H2,27,32)/t24-/m0/s1. The molecule has 1 fully saturated rings. The minimum absolute atomic E-state index is 0.121. The summed E-state index contributed by atoms with van der Waals surface area (Å²) in [7, 11) is 0. The summed E-state index contributed by atoms with van der Waals surface area (Å²) in [5.74, 6) is -0.337. The van der Waals surface area contributed by atoms with Crippen LogP contribution >= 0.6 is 0 Å². The maximum absolute atomic E-state index is 13.0. The Morgan fingerprint density at radius 2 is 1.79 bits per heavy atom. The number of morpholine rings is 1. The largest absolute Gasteiger partial charge is 0.368 e. The van der Waals surface area contributed by atoms with Gasteiger partial charge in [-0.2, -0.15) is 0 Å². The topological polar surface area (TPSA) is 88.8 Å². The second-order valence-electron chi connectivity index (χ2n) is 8.53. The molecule has 0 radical (unpaired) electrons. The lowest BCUT2D eigenvalue weighted by molar-refractivity contribution is -0.140. The van der Waals surface area contributed by atoms with Gasteiger partial charge in [0.25, 0.3) is 0 Å². The number of nitrogens with two attached hydrogens (primary N) is 1. The van der Waals surface area contributed by atoms with E-state index in [9.17, 15) is 9.59 Å². The van der Waals surface area contributed by atoms with E-state index < -0.39 is 5.91 Å². The molecule has 0 bridgehead atoms. The predicted molar refractivity (Wildman–Crippen MR) is 124 cm³/mol. The lowest BCUT2D eigenvalue weighted by Crippen LogP contribution is -2.46. The molecule has 0 unspecified atom stereocenters. The van der Waals surface area contributed by atoms with Gasteiger partial charge in [-0.1, -0.05) is 42.5 Å². The van der Waals surface area contributed by atoms with E-state index >= 15 is 0 Å². The Hall–Kier alpha value is -3.55. The number of nitrogens with zero attached hydrogens (tertiary/aromatic N) is 3. The Morgan fingerprint density at radius 3 is 2.48 bits per heavy atom. The van der Waals surface area contributed by atoms with E-state index in [0.717, 1.165) is 29.9 Å². The highest BCUT2D eigenvalue weighted by Gasteiger charge is 2.28. The van der Waals surface area contributed by atoms with Crippen LogP contribution in [0.3, 0.4) is 0 Å². The van der Waals surface area contributed by atoms with Crippen LogP contribution in [0.15, 0.2) is 66.9 Å². The van der Waals surface area contributed by atoms with Gasteiger partial charge in [-0.15, -0.1) is 0 Å². The summed E-state index contributed by atoms with van der Waals surface area (Å²) in [6, 6.07) is 19.4. The van der Waals surface area contributed by atoms with Crippen LogP contribution in [0.2, 0.25) is 0 Å². The quantitative estimate of drug-likeness (QED) is 0.656. The van der Waals surface area contributed by atoms with Crippen molar-refractivity contribution in [3.8, 4) is 11.1 Å². The van der Waals surface area contributed by atoms with Crippen LogP contribution in [-0.2, 0) is 22.6 Å². The average molecular weight is 443 g/mol. The number of primary amides is 1. The van der Waals surface area contributed by atoms with Crippen molar-refractivity contribution >= 4 is 11.8 Å². The van der Waals surface area contributed by atoms with Crippen molar-refractivity contribution in [1.29, 1.82) is 0 Å². The lowest BCUT2D eigenvalue weighted by Gasteiger charge is -2.33. The van der Waals surface area contributed by atoms with Gasteiger partial charge in [0.15, 0.2) is 0 Å². The van der Waals surface area contributed by atoms with Crippen molar-refractivity contribution in [1.82, 2.24) is 14.8 Å². The first-order chi connectivity index (χ1) is 16.1. The van der Waals surface area contributed by atoms with Gasteiger partial charge < -0.3 is 15.4 Å². The lowest BCUT2D eigenvalue weighted by atomic mass is 10.0. The molecule has 3 aromatic rings. The molecular formula is C26H26N4O3. The van der Waals surface area contributed by atoms with Crippen molar-refractivity contribution in [2.45, 2.75) is 19.2 Å². The monoisotopic (exact) mass is 442 g/mol. The maximum Gasteiger partial charge on any atom is 0.248 e. The molecule has 2 aromatic carbocycles. The Balaban J connectivity index is 1.22. The van der Waals surface area contributed by atoms with Crippen LogP contribution < -0.4 is 5.73 Å². The summed E-state index contributed by atoms with van der Waals surface area (Å²) in [6.45, 7) is 3.60. The van der Waals surface area contributed by atoms with Gasteiger partial charge in [-0.25, -0.2) is 0 Å². The van der Waals surface area contributed by atoms with Gasteiger partial charge in [0.2, 0.25) is 11.8 Å². The van der Waals surface area contributed by atoms with Gasteiger partial charge in [0, 0.05) is 37.0 Å². The second kappa shape index (κ2) is 9.13. The molecule has 1 aromatic heterocycles. The number of aromatic nitrogens is 1. The van der Waals surface area contributed by atoms with Crippen LogP contribution in [0.4, 0.5) is 0 Å². The fourth-order valence-corrected chi connectivity index (χ4v) is 4.48. The molecule has 1 saturated heterocycles. The third-order valence-corrected chi connectivity index (χ3v) is 6.28. The molecule has 2 N–H and O–H groups in total. The summed E-state index contributed by atoms with van der Waals surface area (Å²) in [4.78, 5) is 33.1. The zero-order valence-electron chi connectivity index (χ0n) is 18.3. The highest BCUT2D eigenvalue weighted by molar-refractivity contribution is 5.94. The first-order valence-electron chi connectivity index (χ1n) is 11.1. The summed E-state index contributed by atoms with van der Waals surface area (Å²) >= 11 is 0. The molecule has 7 nitrogen and oxygen atoms in total. The van der Waals surface area contributed by atoms with Crippen molar-refractivity contribution in [3.05, 3.63) is 89.2 Å². The third-order valence-electron chi connectivity index (χ3n) is 6.28. The molecule has 7 heteroatoms. The van der Waals surface area contributed by atoms with Gasteiger partial charge in [0.1, 0.15) is 6.10 Å².